The van der Waals surface area contributed by atoms with Gasteiger partial charge in [-0.25, -0.2) is 0 Å². The van der Waals surface area contributed by atoms with E-state index in [-0.39, 0.29) is 48.8 Å². The molecule has 0 saturated carbocycles. The van der Waals surface area contributed by atoms with E-state index in [1.54, 1.807) is 17.0 Å². The molecular weight excluding hydrogens is 519 g/mol. The fourth-order valence-corrected chi connectivity index (χ4v) is 4.59. The van der Waals surface area contributed by atoms with Gasteiger partial charge in [-0.3, -0.25) is 4.79 Å². The summed E-state index contributed by atoms with van der Waals surface area (Å²) in [6.45, 7) is 2.51. The Kier molecular flexibility index (Phi) is 6.42. The van der Waals surface area contributed by atoms with E-state index >= 15 is 0 Å². The Labute approximate surface area is 209 Å². The van der Waals surface area contributed by atoms with Gasteiger partial charge < -0.3 is 20.7 Å². The van der Waals surface area contributed by atoms with Gasteiger partial charge in [-0.15, -0.1) is 0 Å². The number of carbonyl (C=O) groups excluding carboxylic acids is 1. The van der Waals surface area contributed by atoms with Crippen LogP contribution in [0.2, 0.25) is 0 Å². The van der Waals surface area contributed by atoms with Gasteiger partial charge in [0.2, 0.25) is 17.8 Å². The summed E-state index contributed by atoms with van der Waals surface area (Å²) < 4.78 is 71.1. The summed E-state index contributed by atoms with van der Waals surface area (Å²) in [6.07, 6.45) is 1.30. The van der Waals surface area contributed by atoms with E-state index in [9.17, 15) is 24.2 Å². The molecule has 0 bridgehead atoms. The van der Waals surface area contributed by atoms with Crippen molar-refractivity contribution in [1.29, 1.82) is 0 Å². The maximum atomic E-state index is 13.1. The third-order valence-electron chi connectivity index (χ3n) is 5.53. The third-order valence-corrected chi connectivity index (χ3v) is 6.67. The van der Waals surface area contributed by atoms with Crippen LogP contribution in [-0.4, -0.2) is 33.9 Å². The molecule has 0 atom stereocenters. The van der Waals surface area contributed by atoms with Crippen molar-refractivity contribution in [1.82, 2.24) is 15.0 Å². The number of nitrogens with zero attached hydrogens (tertiary/aromatic N) is 4. The number of nitrogens with two attached hydrogens (primary N) is 1. The molecule has 2 aromatic carbocycles. The molecule has 0 spiro atoms. The first-order valence-corrected chi connectivity index (χ1v) is 13.2. The van der Waals surface area contributed by atoms with Gasteiger partial charge in [0.05, 0.1) is 0 Å². The minimum Gasteiger partial charge on any atom is -0.486 e. The van der Waals surface area contributed by atoms with Crippen LogP contribution in [0.25, 0.3) is 0 Å². The Morgan fingerprint density at radius 1 is 1.08 bits per heavy atom. The van der Waals surface area contributed by atoms with Crippen LogP contribution in [0.3, 0.4) is 0 Å². The van der Waals surface area contributed by atoms with E-state index < -0.39 is 15.1 Å². The Morgan fingerprint density at radius 3 is 2.57 bits per heavy atom. The highest BCUT2D eigenvalue weighted by Gasteiger charge is 2.65. The molecule has 0 aliphatic carbocycles. The number of anilines is 3. The number of halogens is 5. The van der Waals surface area contributed by atoms with Crippen LogP contribution in [0, 0.1) is 6.92 Å². The number of aromatic nitrogens is 3. The number of benzene rings is 2. The monoisotopic (exact) mass is 544 g/mol. The Bertz CT molecular complexity index is 1340. The van der Waals surface area contributed by atoms with Gasteiger partial charge in [0, 0.05) is 31.3 Å². The van der Waals surface area contributed by atoms with Crippen molar-refractivity contribution in [3.63, 3.8) is 0 Å². The van der Waals surface area contributed by atoms with Gasteiger partial charge in [-0.05, 0) is 55.2 Å². The largest absolute Gasteiger partial charge is 0.486 e. The molecule has 0 radical (unpaired) electrons. The highest BCUT2D eigenvalue weighted by molar-refractivity contribution is 8.45. The summed E-state index contributed by atoms with van der Waals surface area (Å²) in [4.78, 5) is 24.0. The molecule has 0 unspecified atom stereocenters. The summed E-state index contributed by atoms with van der Waals surface area (Å²) in [5.41, 5.74) is 7.46. The second kappa shape index (κ2) is 9.01. The van der Waals surface area contributed by atoms with E-state index in [0.29, 0.717) is 30.8 Å². The lowest BCUT2D eigenvalue weighted by molar-refractivity contribution is -0.117. The van der Waals surface area contributed by atoms with Crippen LogP contribution < -0.4 is 20.7 Å². The molecule has 8 nitrogen and oxygen atoms in total. The van der Waals surface area contributed by atoms with Gasteiger partial charge in [-0.2, -0.15) is 15.0 Å². The lowest BCUT2D eigenvalue weighted by Gasteiger charge is -2.40. The number of aryl methyl sites for hydroxylation is 1. The second-order valence-electron chi connectivity index (χ2n) is 8.67. The van der Waals surface area contributed by atoms with Crippen molar-refractivity contribution in [3.05, 3.63) is 59.4 Å². The predicted molar refractivity (Wildman–Crippen MR) is 131 cm³/mol. The van der Waals surface area contributed by atoms with E-state index in [1.807, 2.05) is 13.0 Å². The van der Waals surface area contributed by atoms with E-state index in [4.69, 9.17) is 10.5 Å². The van der Waals surface area contributed by atoms with Crippen molar-refractivity contribution < 1.29 is 29.0 Å². The highest BCUT2D eigenvalue weighted by atomic mass is 32.5. The molecule has 14 heteroatoms. The summed E-state index contributed by atoms with van der Waals surface area (Å²) in [5.74, 6) is 0.706. The van der Waals surface area contributed by atoms with Crippen molar-refractivity contribution in [3.8, 4) is 5.75 Å². The SMILES string of the molecule is Cc1cc(OCc2nc(N)nc(NCCc3cccc(S(F)(F)(F)(F)F)c3)n2)cc(N2CCCC2=O)c1. The zero-order valence-electron chi connectivity index (χ0n) is 19.8. The quantitative estimate of drug-likeness (QED) is 0.329. The highest BCUT2D eigenvalue weighted by Crippen LogP contribution is 3.02. The smallest absolute Gasteiger partial charge is 0.310 e. The summed E-state index contributed by atoms with van der Waals surface area (Å²) in [7, 11) is -9.75. The minimum absolute atomic E-state index is 0.000387. The molecule has 37 heavy (non-hydrogen) atoms. The van der Waals surface area contributed by atoms with Crippen molar-refractivity contribution in [2.24, 2.45) is 0 Å². The maximum absolute atomic E-state index is 13.1. The van der Waals surface area contributed by atoms with Gasteiger partial charge >= 0.3 is 10.2 Å². The molecule has 2 heterocycles. The van der Waals surface area contributed by atoms with E-state index in [0.717, 1.165) is 23.7 Å². The number of ether oxygens (including phenoxy) is 1. The first kappa shape index (κ1) is 26.4. The van der Waals surface area contributed by atoms with Crippen molar-refractivity contribution in [2.75, 3.05) is 29.0 Å². The third kappa shape index (κ3) is 6.96. The van der Waals surface area contributed by atoms with Crippen LogP contribution in [0.15, 0.2) is 47.4 Å². The molecule has 200 valence electrons. The van der Waals surface area contributed by atoms with Gasteiger partial charge in [-0.1, -0.05) is 31.6 Å². The summed E-state index contributed by atoms with van der Waals surface area (Å²) in [5, 5.41) is 2.81. The summed E-state index contributed by atoms with van der Waals surface area (Å²) >= 11 is 0. The lowest BCUT2D eigenvalue weighted by Crippen LogP contribution is -2.23. The maximum Gasteiger partial charge on any atom is 0.310 e. The number of carbonyl (C=O) groups is 1. The molecule has 3 N–H and O–H groups in total. The number of rotatable bonds is 9. The number of hydrogen-bond acceptors (Lipinski definition) is 7. The molecular formula is C23H25F5N6O2S. The Hall–Kier alpha value is -3.68. The zero-order chi connectivity index (χ0) is 26.9. The number of nitrogen functional groups attached to an aromatic ring is 1. The molecule has 1 amide bonds. The first-order valence-electron chi connectivity index (χ1n) is 11.3. The topological polar surface area (TPSA) is 106 Å². The zero-order valence-corrected chi connectivity index (χ0v) is 20.6. The average molecular weight is 545 g/mol. The van der Waals surface area contributed by atoms with Crippen molar-refractivity contribution in [2.45, 2.75) is 37.7 Å². The van der Waals surface area contributed by atoms with Crippen molar-refractivity contribution >= 4 is 33.7 Å². The minimum atomic E-state index is -9.75. The Morgan fingerprint density at radius 2 is 1.86 bits per heavy atom. The van der Waals surface area contributed by atoms with E-state index in [1.165, 1.54) is 6.07 Å². The molecule has 1 fully saturated rings. The molecule has 4 rings (SSSR count). The standard InChI is InChI=1S/C23H25F5N6O2S/c1-15-10-17(34-9-3-6-21(34)35)13-18(11-15)36-14-20-31-22(29)33-23(32-20)30-8-7-16-4-2-5-19(12-16)37(24,25,26,27)28/h2,4-5,10-13H,3,6-9,14H2,1H3,(H3,29,30,31,32,33). The molecule has 1 aliphatic heterocycles. The van der Waals surface area contributed by atoms with Gasteiger partial charge in [0.1, 0.15) is 17.3 Å². The molecule has 3 aromatic rings. The normalized spacial score (nSPS) is 15.8. The number of amides is 1. The van der Waals surface area contributed by atoms with Gasteiger partial charge in [0.15, 0.2) is 5.82 Å². The fraction of sp³-hybridized carbons (Fsp3) is 0.304. The predicted octanol–water partition coefficient (Wildman–Crippen LogP) is 5.78. The second-order valence-corrected chi connectivity index (χ2v) is 11.1. The molecule has 1 saturated heterocycles. The van der Waals surface area contributed by atoms with E-state index in [2.05, 4.69) is 20.3 Å². The summed E-state index contributed by atoms with van der Waals surface area (Å²) in [6, 6.07) is 8.51. The first-order chi connectivity index (χ1) is 17.2. The van der Waals surface area contributed by atoms with Crippen LogP contribution >= 0.6 is 10.2 Å². The average Bonchev–Trinajstić information content (AvgIpc) is 3.22. The van der Waals surface area contributed by atoms with Crippen LogP contribution in [0.4, 0.5) is 37.0 Å². The van der Waals surface area contributed by atoms with Crippen LogP contribution in [0.1, 0.15) is 29.8 Å². The number of hydrogen-bond donors (Lipinski definition) is 2. The Balaban J connectivity index is 1.39. The van der Waals surface area contributed by atoms with Gasteiger partial charge in [0.25, 0.3) is 0 Å². The number of nitrogens with one attached hydrogen (secondary N) is 1. The fourth-order valence-electron chi connectivity index (χ4n) is 3.88. The molecule has 1 aliphatic rings. The lowest BCUT2D eigenvalue weighted by atomic mass is 10.1. The van der Waals surface area contributed by atoms with Crippen LogP contribution in [0.5, 0.6) is 5.75 Å². The molecule has 1 aromatic heterocycles. The van der Waals surface area contributed by atoms with Crippen LogP contribution in [-0.2, 0) is 17.8 Å².